The highest BCUT2D eigenvalue weighted by Crippen LogP contribution is 2.03. The summed E-state index contributed by atoms with van der Waals surface area (Å²) in [7, 11) is 0. The van der Waals surface area contributed by atoms with Crippen molar-refractivity contribution >= 4 is 0 Å². The molecule has 4 heteroatoms. The molecule has 1 aromatic rings. The van der Waals surface area contributed by atoms with Gasteiger partial charge in [0.2, 0.25) is 5.89 Å². The van der Waals surface area contributed by atoms with Crippen LogP contribution in [0.4, 0.5) is 0 Å². The monoisotopic (exact) mass is 170 g/mol. The summed E-state index contributed by atoms with van der Waals surface area (Å²) in [5.41, 5.74) is 0. The summed E-state index contributed by atoms with van der Waals surface area (Å²) in [5.74, 6) is 0.0663. The van der Waals surface area contributed by atoms with Crippen LogP contribution in [0.5, 0.6) is 0 Å². The van der Waals surface area contributed by atoms with Crippen LogP contribution in [0.1, 0.15) is 38.5 Å². The standard InChI is InChI=1S/C8H14N2O2/c1-2-3-4-5-6-7-9-10-8(11)12-7/h2-6H2,1H3,(H,10,11). The molecule has 0 bridgehead atoms. The van der Waals surface area contributed by atoms with Gasteiger partial charge in [0.1, 0.15) is 0 Å². The van der Waals surface area contributed by atoms with Crippen molar-refractivity contribution in [2.45, 2.75) is 39.0 Å². The summed E-state index contributed by atoms with van der Waals surface area (Å²) in [6, 6.07) is 0. The molecule has 0 radical (unpaired) electrons. The van der Waals surface area contributed by atoms with Crippen molar-refractivity contribution < 1.29 is 4.42 Å². The Hall–Kier alpha value is -1.06. The Morgan fingerprint density at radius 3 is 2.83 bits per heavy atom. The van der Waals surface area contributed by atoms with Gasteiger partial charge in [0.25, 0.3) is 0 Å². The third-order valence-corrected chi connectivity index (χ3v) is 1.73. The minimum Gasteiger partial charge on any atom is -0.393 e. The lowest BCUT2D eigenvalue weighted by molar-refractivity contribution is 0.451. The number of nitrogens with one attached hydrogen (secondary N) is 1. The maximum Gasteiger partial charge on any atom is 0.434 e. The van der Waals surface area contributed by atoms with Crippen molar-refractivity contribution in [2.75, 3.05) is 0 Å². The Bertz CT molecular complexity index is 264. The number of aromatic amines is 1. The van der Waals surface area contributed by atoms with Crippen LogP contribution in [-0.4, -0.2) is 10.2 Å². The second kappa shape index (κ2) is 4.74. The zero-order chi connectivity index (χ0) is 8.81. The Morgan fingerprint density at radius 1 is 1.42 bits per heavy atom. The zero-order valence-electron chi connectivity index (χ0n) is 7.30. The van der Waals surface area contributed by atoms with E-state index in [1.807, 2.05) is 0 Å². The molecule has 0 aliphatic carbocycles. The topological polar surface area (TPSA) is 58.9 Å². The van der Waals surface area contributed by atoms with Gasteiger partial charge >= 0.3 is 5.76 Å². The molecule has 0 saturated heterocycles. The minimum absolute atomic E-state index is 0.458. The van der Waals surface area contributed by atoms with Crippen LogP contribution in [0.25, 0.3) is 0 Å². The highest BCUT2D eigenvalue weighted by Gasteiger charge is 1.99. The van der Waals surface area contributed by atoms with E-state index in [-0.39, 0.29) is 0 Å². The molecule has 1 aromatic heterocycles. The van der Waals surface area contributed by atoms with Gasteiger partial charge in [-0.3, -0.25) is 0 Å². The molecule has 0 spiro atoms. The first-order chi connectivity index (χ1) is 5.83. The molecule has 0 saturated carbocycles. The van der Waals surface area contributed by atoms with Gasteiger partial charge in [0.15, 0.2) is 0 Å². The van der Waals surface area contributed by atoms with Crippen LogP contribution in [-0.2, 0) is 6.42 Å². The summed E-state index contributed by atoms with van der Waals surface area (Å²) >= 11 is 0. The molecule has 1 rings (SSSR count). The maximum atomic E-state index is 10.5. The van der Waals surface area contributed by atoms with Crippen LogP contribution in [0.3, 0.4) is 0 Å². The van der Waals surface area contributed by atoms with E-state index in [0.717, 1.165) is 12.8 Å². The predicted molar refractivity (Wildman–Crippen MR) is 45.0 cm³/mol. The van der Waals surface area contributed by atoms with Crippen molar-refractivity contribution in [3.63, 3.8) is 0 Å². The van der Waals surface area contributed by atoms with E-state index in [9.17, 15) is 4.79 Å². The minimum atomic E-state index is -0.458. The quantitative estimate of drug-likeness (QED) is 0.681. The van der Waals surface area contributed by atoms with Gasteiger partial charge in [-0.2, -0.15) is 0 Å². The van der Waals surface area contributed by atoms with Gasteiger partial charge in [-0.1, -0.05) is 26.2 Å². The molecule has 0 aliphatic rings. The third kappa shape index (κ3) is 2.90. The van der Waals surface area contributed by atoms with E-state index in [0.29, 0.717) is 5.89 Å². The van der Waals surface area contributed by atoms with Crippen molar-refractivity contribution in [3.8, 4) is 0 Å². The molecule has 12 heavy (non-hydrogen) atoms. The molecule has 68 valence electrons. The van der Waals surface area contributed by atoms with Crippen molar-refractivity contribution in [3.05, 3.63) is 16.4 Å². The highest BCUT2D eigenvalue weighted by molar-refractivity contribution is 4.72. The molecule has 0 amide bonds. The Morgan fingerprint density at radius 2 is 2.25 bits per heavy atom. The van der Waals surface area contributed by atoms with Crippen LogP contribution in [0.2, 0.25) is 0 Å². The first-order valence-corrected chi connectivity index (χ1v) is 4.37. The Balaban J connectivity index is 2.20. The molecule has 0 unspecified atom stereocenters. The van der Waals surface area contributed by atoms with Gasteiger partial charge in [-0.25, -0.2) is 9.89 Å². The zero-order valence-corrected chi connectivity index (χ0v) is 7.30. The number of H-pyrrole nitrogens is 1. The molecular formula is C8H14N2O2. The summed E-state index contributed by atoms with van der Waals surface area (Å²) in [5, 5.41) is 5.95. The van der Waals surface area contributed by atoms with E-state index < -0.39 is 5.76 Å². The summed E-state index contributed by atoms with van der Waals surface area (Å²) in [4.78, 5) is 10.5. The number of aryl methyl sites for hydroxylation is 1. The molecule has 0 aliphatic heterocycles. The normalized spacial score (nSPS) is 10.4. The van der Waals surface area contributed by atoms with Crippen molar-refractivity contribution in [1.29, 1.82) is 0 Å². The number of aromatic nitrogens is 2. The molecular weight excluding hydrogens is 156 g/mol. The third-order valence-electron chi connectivity index (χ3n) is 1.73. The van der Waals surface area contributed by atoms with Crippen LogP contribution in [0, 0.1) is 0 Å². The maximum absolute atomic E-state index is 10.5. The molecule has 0 fully saturated rings. The van der Waals surface area contributed by atoms with Gasteiger partial charge in [0.05, 0.1) is 0 Å². The first-order valence-electron chi connectivity index (χ1n) is 4.37. The Kier molecular flexibility index (Phi) is 3.57. The van der Waals surface area contributed by atoms with Gasteiger partial charge in [-0.15, -0.1) is 5.10 Å². The summed E-state index contributed by atoms with van der Waals surface area (Å²) in [6.45, 7) is 2.16. The van der Waals surface area contributed by atoms with Gasteiger partial charge < -0.3 is 4.42 Å². The van der Waals surface area contributed by atoms with Crippen molar-refractivity contribution in [2.24, 2.45) is 0 Å². The second-order valence-electron chi connectivity index (χ2n) is 2.82. The van der Waals surface area contributed by atoms with E-state index in [2.05, 4.69) is 17.1 Å². The fraction of sp³-hybridized carbons (Fsp3) is 0.750. The number of hydrogen-bond donors (Lipinski definition) is 1. The van der Waals surface area contributed by atoms with E-state index >= 15 is 0 Å². The average Bonchev–Trinajstić information content (AvgIpc) is 2.45. The number of rotatable bonds is 5. The molecule has 1 heterocycles. The summed E-state index contributed by atoms with van der Waals surface area (Å²) < 4.78 is 4.74. The van der Waals surface area contributed by atoms with Gasteiger partial charge in [0, 0.05) is 6.42 Å². The number of unbranched alkanes of at least 4 members (excludes halogenated alkanes) is 3. The van der Waals surface area contributed by atoms with Crippen LogP contribution >= 0.6 is 0 Å². The molecule has 0 atom stereocenters. The highest BCUT2D eigenvalue weighted by atomic mass is 16.4. The van der Waals surface area contributed by atoms with E-state index in [1.54, 1.807) is 0 Å². The lowest BCUT2D eigenvalue weighted by Gasteiger charge is -1.93. The second-order valence-corrected chi connectivity index (χ2v) is 2.82. The fourth-order valence-electron chi connectivity index (χ4n) is 1.07. The smallest absolute Gasteiger partial charge is 0.393 e. The summed E-state index contributed by atoms with van der Waals surface area (Å²) in [6.07, 6.45) is 5.42. The van der Waals surface area contributed by atoms with E-state index in [4.69, 9.17) is 4.42 Å². The first kappa shape index (κ1) is 9.03. The van der Waals surface area contributed by atoms with Gasteiger partial charge in [-0.05, 0) is 6.42 Å². The predicted octanol–water partition coefficient (Wildman–Crippen LogP) is 1.49. The number of nitrogens with zero attached hydrogens (tertiary/aromatic N) is 1. The fourth-order valence-corrected chi connectivity index (χ4v) is 1.07. The van der Waals surface area contributed by atoms with Crippen LogP contribution < -0.4 is 5.76 Å². The molecule has 4 nitrogen and oxygen atoms in total. The molecule has 1 N–H and O–H groups in total. The SMILES string of the molecule is CCCCCCc1n[nH]c(=O)o1. The van der Waals surface area contributed by atoms with Crippen LogP contribution in [0.15, 0.2) is 9.21 Å². The van der Waals surface area contributed by atoms with E-state index in [1.165, 1.54) is 19.3 Å². The lowest BCUT2D eigenvalue weighted by atomic mass is 10.2. The molecule has 0 aromatic carbocycles. The largest absolute Gasteiger partial charge is 0.434 e. The average molecular weight is 170 g/mol. The Labute approximate surface area is 71.0 Å². The number of hydrogen-bond acceptors (Lipinski definition) is 3. The van der Waals surface area contributed by atoms with Crippen molar-refractivity contribution in [1.82, 2.24) is 10.2 Å². The lowest BCUT2D eigenvalue weighted by Crippen LogP contribution is -1.93.